The number of benzene rings is 1. The molecule has 6 heteroatoms. The van der Waals surface area contributed by atoms with E-state index in [1.54, 1.807) is 13.0 Å². The van der Waals surface area contributed by atoms with Gasteiger partial charge in [-0.3, -0.25) is 4.79 Å². The van der Waals surface area contributed by atoms with Crippen LogP contribution in [0.25, 0.3) is 0 Å². The number of halogens is 3. The molecule has 90 valence electrons. The van der Waals surface area contributed by atoms with Crippen molar-refractivity contribution in [2.75, 3.05) is 6.54 Å². The van der Waals surface area contributed by atoms with E-state index in [0.717, 1.165) is 0 Å². The lowest BCUT2D eigenvalue weighted by molar-refractivity contribution is 0.0937. The smallest absolute Gasteiger partial charge is 0.254 e. The molecule has 0 fully saturated rings. The summed E-state index contributed by atoms with van der Waals surface area (Å²) in [4.78, 5) is 11.5. The van der Waals surface area contributed by atoms with E-state index in [9.17, 15) is 9.18 Å². The summed E-state index contributed by atoms with van der Waals surface area (Å²) in [6.07, 6.45) is 0. The predicted molar refractivity (Wildman–Crippen MR) is 67.3 cm³/mol. The van der Waals surface area contributed by atoms with Crippen LogP contribution >= 0.6 is 28.3 Å². The zero-order chi connectivity index (χ0) is 11.4. The molecule has 0 aliphatic rings. The molecule has 1 rings (SSSR count). The standard InChI is InChI=1S/C10H12BrFN2O.ClH/c1-6(5-13)14-10(15)8-3-2-7(11)4-9(8)12;/h2-4,6H,5,13H2,1H3,(H,14,15);1H/t6-;/m1./s1. The largest absolute Gasteiger partial charge is 0.348 e. The van der Waals surface area contributed by atoms with Crippen LogP contribution in [-0.4, -0.2) is 18.5 Å². The van der Waals surface area contributed by atoms with E-state index >= 15 is 0 Å². The van der Waals surface area contributed by atoms with Crippen molar-refractivity contribution in [3.05, 3.63) is 34.1 Å². The minimum atomic E-state index is -0.550. The Kier molecular flexibility index (Phi) is 6.55. The van der Waals surface area contributed by atoms with Crippen LogP contribution in [0.5, 0.6) is 0 Å². The van der Waals surface area contributed by atoms with Gasteiger partial charge in [-0.05, 0) is 25.1 Å². The first-order valence-electron chi connectivity index (χ1n) is 4.50. The van der Waals surface area contributed by atoms with Gasteiger partial charge in [0.1, 0.15) is 5.82 Å². The van der Waals surface area contributed by atoms with Gasteiger partial charge < -0.3 is 11.1 Å². The third-order valence-electron chi connectivity index (χ3n) is 1.91. The van der Waals surface area contributed by atoms with Gasteiger partial charge in [-0.1, -0.05) is 15.9 Å². The molecular weight excluding hydrogens is 298 g/mol. The average Bonchev–Trinajstić information content (AvgIpc) is 2.17. The molecule has 3 N–H and O–H groups in total. The predicted octanol–water partition coefficient (Wildman–Crippen LogP) is 2.09. The average molecular weight is 312 g/mol. The van der Waals surface area contributed by atoms with Crippen LogP contribution in [0.2, 0.25) is 0 Å². The van der Waals surface area contributed by atoms with Crippen LogP contribution < -0.4 is 11.1 Å². The van der Waals surface area contributed by atoms with Gasteiger partial charge in [0.25, 0.3) is 5.91 Å². The number of hydrogen-bond acceptors (Lipinski definition) is 2. The number of rotatable bonds is 3. The van der Waals surface area contributed by atoms with Crippen molar-refractivity contribution < 1.29 is 9.18 Å². The summed E-state index contributed by atoms with van der Waals surface area (Å²) < 4.78 is 13.9. The van der Waals surface area contributed by atoms with Gasteiger partial charge in [0, 0.05) is 17.1 Å². The van der Waals surface area contributed by atoms with E-state index in [1.807, 2.05) is 0 Å². The van der Waals surface area contributed by atoms with Crippen LogP contribution in [0, 0.1) is 5.82 Å². The zero-order valence-corrected chi connectivity index (χ0v) is 11.1. The van der Waals surface area contributed by atoms with Crippen molar-refractivity contribution in [3.63, 3.8) is 0 Å². The molecule has 0 saturated heterocycles. The second kappa shape index (κ2) is 6.83. The zero-order valence-electron chi connectivity index (χ0n) is 8.67. The van der Waals surface area contributed by atoms with Gasteiger partial charge in [0.15, 0.2) is 0 Å². The number of nitrogens with two attached hydrogens (primary N) is 1. The minimum absolute atomic E-state index is 0. The molecule has 16 heavy (non-hydrogen) atoms. The van der Waals surface area contributed by atoms with Crippen molar-refractivity contribution in [3.8, 4) is 0 Å². The Labute approximate surface area is 108 Å². The minimum Gasteiger partial charge on any atom is -0.348 e. The third kappa shape index (κ3) is 4.08. The molecule has 3 nitrogen and oxygen atoms in total. The Balaban J connectivity index is 0.00000225. The highest BCUT2D eigenvalue weighted by Crippen LogP contribution is 2.15. The molecule has 1 amide bonds. The van der Waals surface area contributed by atoms with Crippen molar-refractivity contribution in [1.82, 2.24) is 5.32 Å². The maximum Gasteiger partial charge on any atom is 0.254 e. The molecular formula is C10H13BrClFN2O. The molecule has 0 radical (unpaired) electrons. The number of amides is 1. The molecule has 0 aliphatic carbocycles. The van der Waals surface area contributed by atoms with Gasteiger partial charge in [-0.2, -0.15) is 0 Å². The van der Waals surface area contributed by atoms with E-state index in [2.05, 4.69) is 21.2 Å². The number of nitrogens with one attached hydrogen (secondary N) is 1. The first-order chi connectivity index (χ1) is 7.04. The summed E-state index contributed by atoms with van der Waals surface area (Å²) in [5.41, 5.74) is 5.37. The van der Waals surface area contributed by atoms with Crippen LogP contribution in [0.3, 0.4) is 0 Å². The molecule has 0 saturated carbocycles. The fraction of sp³-hybridized carbons (Fsp3) is 0.300. The summed E-state index contributed by atoms with van der Waals surface area (Å²) in [6, 6.07) is 4.13. The summed E-state index contributed by atoms with van der Waals surface area (Å²) in [5.74, 6) is -0.996. The second-order valence-electron chi connectivity index (χ2n) is 3.23. The van der Waals surface area contributed by atoms with Crippen LogP contribution in [0.4, 0.5) is 4.39 Å². The molecule has 0 heterocycles. The van der Waals surface area contributed by atoms with E-state index in [4.69, 9.17) is 5.73 Å². The molecule has 0 bridgehead atoms. The maximum atomic E-state index is 13.3. The Bertz CT molecular complexity index is 376. The van der Waals surface area contributed by atoms with Gasteiger partial charge in [0.2, 0.25) is 0 Å². The Morgan fingerprint density at radius 1 is 1.62 bits per heavy atom. The van der Waals surface area contributed by atoms with Crippen molar-refractivity contribution in [1.29, 1.82) is 0 Å². The Hall–Kier alpha value is -0.650. The van der Waals surface area contributed by atoms with Gasteiger partial charge in [-0.25, -0.2) is 4.39 Å². The second-order valence-corrected chi connectivity index (χ2v) is 4.15. The highest BCUT2D eigenvalue weighted by molar-refractivity contribution is 9.10. The monoisotopic (exact) mass is 310 g/mol. The van der Waals surface area contributed by atoms with Gasteiger partial charge in [0.05, 0.1) is 5.56 Å². The fourth-order valence-electron chi connectivity index (χ4n) is 1.03. The lowest BCUT2D eigenvalue weighted by Crippen LogP contribution is -2.38. The summed E-state index contributed by atoms with van der Waals surface area (Å²) >= 11 is 3.12. The maximum absolute atomic E-state index is 13.3. The lowest BCUT2D eigenvalue weighted by Gasteiger charge is -2.11. The SMILES string of the molecule is C[C@H](CN)NC(=O)c1ccc(Br)cc1F.Cl. The Morgan fingerprint density at radius 2 is 2.25 bits per heavy atom. The first kappa shape index (κ1) is 15.3. The van der Waals surface area contributed by atoms with E-state index < -0.39 is 11.7 Å². The molecule has 1 aromatic carbocycles. The summed E-state index contributed by atoms with van der Waals surface area (Å²) in [7, 11) is 0. The van der Waals surface area contributed by atoms with Gasteiger partial charge in [-0.15, -0.1) is 12.4 Å². The van der Waals surface area contributed by atoms with E-state index in [-0.39, 0.29) is 24.0 Å². The summed E-state index contributed by atoms with van der Waals surface area (Å²) in [6.45, 7) is 2.08. The summed E-state index contributed by atoms with van der Waals surface area (Å²) in [5, 5.41) is 2.59. The lowest BCUT2D eigenvalue weighted by atomic mass is 10.2. The number of carbonyl (C=O) groups excluding carboxylic acids is 1. The van der Waals surface area contributed by atoms with Crippen LogP contribution in [0.15, 0.2) is 22.7 Å². The topological polar surface area (TPSA) is 55.1 Å². The van der Waals surface area contributed by atoms with Crippen molar-refractivity contribution in [2.24, 2.45) is 5.73 Å². The number of hydrogen-bond donors (Lipinski definition) is 2. The molecule has 0 spiro atoms. The number of carbonyl (C=O) groups is 1. The van der Waals surface area contributed by atoms with E-state index in [0.29, 0.717) is 11.0 Å². The van der Waals surface area contributed by atoms with Crippen LogP contribution in [0.1, 0.15) is 17.3 Å². The molecule has 0 unspecified atom stereocenters. The first-order valence-corrected chi connectivity index (χ1v) is 5.30. The third-order valence-corrected chi connectivity index (χ3v) is 2.40. The van der Waals surface area contributed by atoms with Crippen molar-refractivity contribution >= 4 is 34.2 Å². The van der Waals surface area contributed by atoms with Gasteiger partial charge >= 0.3 is 0 Å². The molecule has 1 atom stereocenters. The highest BCUT2D eigenvalue weighted by Gasteiger charge is 2.13. The van der Waals surface area contributed by atoms with Crippen LogP contribution in [-0.2, 0) is 0 Å². The Morgan fingerprint density at radius 3 is 2.75 bits per heavy atom. The van der Waals surface area contributed by atoms with E-state index in [1.165, 1.54) is 12.1 Å². The molecule has 0 aliphatic heterocycles. The fourth-order valence-corrected chi connectivity index (χ4v) is 1.37. The highest BCUT2D eigenvalue weighted by atomic mass is 79.9. The molecule has 1 aromatic rings. The normalized spacial score (nSPS) is 11.5. The quantitative estimate of drug-likeness (QED) is 0.898. The van der Waals surface area contributed by atoms with Crippen molar-refractivity contribution in [2.45, 2.75) is 13.0 Å². The molecule has 0 aromatic heterocycles.